The van der Waals surface area contributed by atoms with E-state index in [1.165, 1.54) is 4.90 Å². The number of rotatable bonds is 11. The molecule has 0 unspecified atom stereocenters. The van der Waals surface area contributed by atoms with E-state index < -0.39 is 23.9 Å². The minimum atomic E-state index is -0.830. The summed E-state index contributed by atoms with van der Waals surface area (Å²) >= 11 is 0. The second kappa shape index (κ2) is 13.4. The summed E-state index contributed by atoms with van der Waals surface area (Å²) in [6.07, 6.45) is 4.19. The van der Waals surface area contributed by atoms with E-state index in [1.807, 2.05) is 61.5 Å². The maximum atomic E-state index is 13.8. The van der Waals surface area contributed by atoms with Crippen LogP contribution in [0.5, 0.6) is 5.75 Å². The van der Waals surface area contributed by atoms with Crippen LogP contribution in [0.2, 0.25) is 0 Å². The van der Waals surface area contributed by atoms with Gasteiger partial charge in [-0.3, -0.25) is 14.5 Å². The van der Waals surface area contributed by atoms with E-state index in [9.17, 15) is 24.9 Å². The zero-order valence-electron chi connectivity index (χ0n) is 24.7. The lowest BCUT2D eigenvalue weighted by Gasteiger charge is -2.36. The zero-order chi connectivity index (χ0) is 30.5. The maximum Gasteiger partial charge on any atom is 0.238 e. The first kappa shape index (κ1) is 30.3. The van der Waals surface area contributed by atoms with E-state index in [0.717, 1.165) is 40.1 Å². The number of para-hydroxylation sites is 1. The summed E-state index contributed by atoms with van der Waals surface area (Å²) in [6.45, 7) is 3.75. The number of hydrogen-bond donors (Lipinski definition) is 4. The van der Waals surface area contributed by atoms with Crippen molar-refractivity contribution in [3.8, 4) is 5.75 Å². The van der Waals surface area contributed by atoms with Crippen molar-refractivity contribution in [2.75, 3.05) is 16.8 Å². The highest BCUT2D eigenvalue weighted by Gasteiger charge is 2.55. The van der Waals surface area contributed by atoms with Gasteiger partial charge in [-0.25, -0.2) is 0 Å². The Labute approximate surface area is 253 Å². The fourth-order valence-corrected chi connectivity index (χ4v) is 6.57. The summed E-state index contributed by atoms with van der Waals surface area (Å²) in [5.74, 6) is -2.24. The third-order valence-electron chi connectivity index (χ3n) is 8.81. The Bertz CT molecular complexity index is 1490. The van der Waals surface area contributed by atoms with Crippen LogP contribution in [0.15, 0.2) is 95.6 Å². The molecule has 1 aliphatic carbocycles. The molecule has 0 spiro atoms. The number of aliphatic hydroxyl groups excluding tert-OH is 2. The molecule has 0 radical (unpaired) electrons. The first-order valence-electron chi connectivity index (χ1n) is 15.1. The molecular formula is C36H40N2O5. The molecule has 0 bridgehead atoms. The van der Waals surface area contributed by atoms with Crippen LogP contribution in [0.1, 0.15) is 51.5 Å². The van der Waals surface area contributed by atoms with Gasteiger partial charge in [-0.05, 0) is 91.8 Å². The van der Waals surface area contributed by atoms with Crippen LogP contribution in [0.4, 0.5) is 17.1 Å². The summed E-state index contributed by atoms with van der Waals surface area (Å²) in [6, 6.07) is 24.0. The Morgan fingerprint density at radius 2 is 1.63 bits per heavy atom. The van der Waals surface area contributed by atoms with Crippen molar-refractivity contribution in [1.82, 2.24) is 0 Å². The van der Waals surface area contributed by atoms with Crippen molar-refractivity contribution in [2.45, 2.75) is 52.1 Å². The number of allylic oxidation sites excluding steroid dienone is 2. The van der Waals surface area contributed by atoms with Crippen LogP contribution in [0.25, 0.3) is 6.08 Å². The zero-order valence-corrected chi connectivity index (χ0v) is 24.7. The number of benzene rings is 3. The Kier molecular flexibility index (Phi) is 9.43. The molecule has 7 heteroatoms. The quantitative estimate of drug-likeness (QED) is 0.150. The van der Waals surface area contributed by atoms with E-state index in [-0.39, 0.29) is 24.2 Å². The molecule has 0 saturated carbocycles. The topological polar surface area (TPSA) is 110 Å². The van der Waals surface area contributed by atoms with Gasteiger partial charge < -0.3 is 20.6 Å². The Morgan fingerprint density at radius 1 is 0.953 bits per heavy atom. The van der Waals surface area contributed by atoms with Crippen molar-refractivity contribution in [3.63, 3.8) is 0 Å². The number of nitrogens with one attached hydrogen (secondary N) is 1. The number of phenols is 1. The van der Waals surface area contributed by atoms with Crippen LogP contribution in [0, 0.1) is 17.8 Å². The van der Waals surface area contributed by atoms with Gasteiger partial charge in [0.25, 0.3) is 0 Å². The van der Waals surface area contributed by atoms with Gasteiger partial charge in [0.2, 0.25) is 11.8 Å². The van der Waals surface area contributed by atoms with E-state index in [4.69, 9.17) is 0 Å². The molecule has 4 N–H and O–H groups in total. The average Bonchev–Trinajstić information content (AvgIpc) is 3.28. The van der Waals surface area contributed by atoms with E-state index in [1.54, 1.807) is 24.3 Å². The van der Waals surface area contributed by atoms with Gasteiger partial charge in [-0.1, -0.05) is 61.4 Å². The van der Waals surface area contributed by atoms with Gasteiger partial charge in [0.1, 0.15) is 5.75 Å². The fourth-order valence-electron chi connectivity index (χ4n) is 6.57. The number of hydrogen-bond acceptors (Lipinski definition) is 6. The highest BCUT2D eigenvalue weighted by atomic mass is 16.3. The molecular weight excluding hydrogens is 540 g/mol. The Hall–Kier alpha value is -4.20. The fraction of sp³-hybridized carbons (Fsp3) is 0.333. The number of fused-ring (bicyclic) bond motifs is 1. The monoisotopic (exact) mass is 580 g/mol. The van der Waals surface area contributed by atoms with Crippen molar-refractivity contribution in [2.24, 2.45) is 17.8 Å². The van der Waals surface area contributed by atoms with Gasteiger partial charge >= 0.3 is 0 Å². The molecule has 7 nitrogen and oxygen atoms in total. The molecule has 1 heterocycles. The number of phenolic OH excluding ortho intramolecular Hbond substituents is 1. The number of aromatic hydroxyl groups is 1. The average molecular weight is 581 g/mol. The number of carbonyl (C=O) groups excluding carboxylic acids is 2. The van der Waals surface area contributed by atoms with Gasteiger partial charge in [0, 0.05) is 17.3 Å². The molecule has 4 atom stereocenters. The van der Waals surface area contributed by atoms with Crippen molar-refractivity contribution >= 4 is 35.0 Å². The number of nitrogens with zero attached hydrogens (tertiary/aromatic N) is 1. The molecule has 43 heavy (non-hydrogen) atoms. The molecule has 5 rings (SSSR count). The van der Waals surface area contributed by atoms with Gasteiger partial charge in [0.05, 0.1) is 30.2 Å². The van der Waals surface area contributed by atoms with Crippen molar-refractivity contribution < 1.29 is 24.9 Å². The van der Waals surface area contributed by atoms with E-state index in [2.05, 4.69) is 18.3 Å². The molecule has 2 amide bonds. The Morgan fingerprint density at radius 3 is 2.26 bits per heavy atom. The summed E-state index contributed by atoms with van der Waals surface area (Å²) in [5, 5.41) is 35.0. The predicted octanol–water partition coefficient (Wildman–Crippen LogP) is 6.59. The van der Waals surface area contributed by atoms with Crippen molar-refractivity contribution in [1.29, 1.82) is 0 Å². The van der Waals surface area contributed by atoms with Gasteiger partial charge in [-0.2, -0.15) is 0 Å². The second-order valence-corrected chi connectivity index (χ2v) is 11.4. The molecule has 1 aliphatic heterocycles. The lowest BCUT2D eigenvalue weighted by atomic mass is 9.67. The standard InChI is InChI=1S/C36H40N2O5/c1-3-23(20-24-10-17-29(40)18-11-24)12-19-32(41)33-25(4-2)21-30-34(31(33)22-39)36(43)38(35(30)42)28-15-13-27(14-16-28)37-26-8-6-5-7-9-26/h5-11,13-18,20,30-32,34,37,39-41H,3-4,12,19,21-22H2,1-2H3/b23-20+/t30-,31+,32-,34-/m1/s1. The minimum Gasteiger partial charge on any atom is -0.508 e. The second-order valence-electron chi connectivity index (χ2n) is 11.4. The van der Waals surface area contributed by atoms with Crippen LogP contribution in [-0.2, 0) is 9.59 Å². The number of aliphatic hydroxyl groups is 2. The summed E-state index contributed by atoms with van der Waals surface area (Å²) in [5.41, 5.74) is 6.09. The number of anilines is 3. The molecule has 0 aromatic heterocycles. The largest absolute Gasteiger partial charge is 0.508 e. The third-order valence-corrected chi connectivity index (χ3v) is 8.81. The summed E-state index contributed by atoms with van der Waals surface area (Å²) in [4.78, 5) is 28.8. The Balaban J connectivity index is 1.33. The SMILES string of the molecule is CCC1=C([C@H](O)CC/C(=C/c2ccc(O)cc2)CC)[C@H](CO)[C@@H]2C(=O)N(c3ccc(Nc4ccccc4)cc3)C(=O)[C@@H]2C1. The molecule has 1 fully saturated rings. The molecule has 3 aromatic rings. The van der Waals surface area contributed by atoms with Gasteiger partial charge in [-0.15, -0.1) is 0 Å². The summed E-state index contributed by atoms with van der Waals surface area (Å²) in [7, 11) is 0. The van der Waals surface area contributed by atoms with Crippen LogP contribution < -0.4 is 10.2 Å². The highest BCUT2D eigenvalue weighted by molar-refractivity contribution is 6.22. The van der Waals surface area contributed by atoms with Crippen LogP contribution >= 0.6 is 0 Å². The first-order chi connectivity index (χ1) is 20.8. The van der Waals surface area contributed by atoms with E-state index in [0.29, 0.717) is 31.4 Å². The molecule has 1 saturated heterocycles. The molecule has 224 valence electrons. The predicted molar refractivity (Wildman–Crippen MR) is 170 cm³/mol. The third kappa shape index (κ3) is 6.43. The normalized spacial score (nSPS) is 21.3. The summed E-state index contributed by atoms with van der Waals surface area (Å²) < 4.78 is 0. The first-order valence-corrected chi connectivity index (χ1v) is 15.1. The minimum absolute atomic E-state index is 0.214. The maximum absolute atomic E-state index is 13.8. The smallest absolute Gasteiger partial charge is 0.238 e. The van der Waals surface area contributed by atoms with E-state index >= 15 is 0 Å². The number of amides is 2. The molecule has 2 aliphatic rings. The number of imide groups is 1. The number of carbonyl (C=O) groups is 2. The lowest BCUT2D eigenvalue weighted by molar-refractivity contribution is -0.123. The lowest BCUT2D eigenvalue weighted by Crippen LogP contribution is -2.39. The highest BCUT2D eigenvalue weighted by Crippen LogP contribution is 2.48. The van der Waals surface area contributed by atoms with Crippen LogP contribution in [0.3, 0.4) is 0 Å². The van der Waals surface area contributed by atoms with Gasteiger partial charge in [0.15, 0.2) is 0 Å². The molecule has 3 aromatic carbocycles. The van der Waals surface area contributed by atoms with Crippen molar-refractivity contribution in [3.05, 3.63) is 101 Å². The van der Waals surface area contributed by atoms with Crippen LogP contribution in [-0.4, -0.2) is 39.8 Å².